The number of amides is 1. The number of hydrogen-bond donors (Lipinski definition) is 2. The molecule has 6 rings (SSSR count). The first-order chi connectivity index (χ1) is 19.4. The number of aromatic nitrogens is 2. The number of likely N-dealkylation sites (tertiary alicyclic amines) is 1. The average Bonchev–Trinajstić information content (AvgIpc) is 3.43. The summed E-state index contributed by atoms with van der Waals surface area (Å²) in [5.74, 6) is -0.749. The van der Waals surface area contributed by atoms with Crippen LogP contribution in [0.25, 0.3) is 11.0 Å². The van der Waals surface area contributed by atoms with Gasteiger partial charge in [-0.25, -0.2) is 9.59 Å². The molecule has 0 unspecified atom stereocenters. The highest BCUT2D eigenvalue weighted by molar-refractivity contribution is 5.89. The van der Waals surface area contributed by atoms with Crippen LogP contribution < -0.4 is 5.69 Å². The Bertz CT molecular complexity index is 1430. The molecule has 3 heterocycles. The van der Waals surface area contributed by atoms with Gasteiger partial charge in [-0.15, -0.1) is 0 Å². The third kappa shape index (κ3) is 5.08. The highest BCUT2D eigenvalue weighted by atomic mass is 16.4. The quantitative estimate of drug-likeness (QED) is 0.446. The predicted molar refractivity (Wildman–Crippen MR) is 153 cm³/mol. The summed E-state index contributed by atoms with van der Waals surface area (Å²) in [6, 6.07) is 15.2. The van der Waals surface area contributed by atoms with Gasteiger partial charge in [-0.3, -0.25) is 14.3 Å². The normalized spacial score (nSPS) is 20.6. The third-order valence-electron chi connectivity index (χ3n) is 9.34. The maximum absolute atomic E-state index is 14.1. The number of aryl methyl sites for hydroxylation is 1. The van der Waals surface area contributed by atoms with Crippen molar-refractivity contribution in [1.29, 1.82) is 0 Å². The van der Waals surface area contributed by atoms with Crippen molar-refractivity contribution in [3.63, 3.8) is 0 Å². The molecule has 2 aliphatic heterocycles. The number of para-hydroxylation sites is 2. The fourth-order valence-corrected chi connectivity index (χ4v) is 7.23. The van der Waals surface area contributed by atoms with E-state index in [1.165, 1.54) is 19.3 Å². The van der Waals surface area contributed by atoms with E-state index < -0.39 is 11.5 Å². The highest BCUT2D eigenvalue weighted by Gasteiger charge is 2.55. The van der Waals surface area contributed by atoms with E-state index in [9.17, 15) is 19.5 Å². The number of aromatic amines is 1. The Kier molecular flexibility index (Phi) is 7.51. The van der Waals surface area contributed by atoms with E-state index in [-0.39, 0.29) is 17.2 Å². The lowest BCUT2D eigenvalue weighted by atomic mass is 9.82. The number of piperidine rings is 1. The first-order valence-corrected chi connectivity index (χ1v) is 14.7. The number of nitrogens with zero attached hydrogens (tertiary/aromatic N) is 4. The van der Waals surface area contributed by atoms with E-state index in [0.717, 1.165) is 68.3 Å². The molecule has 9 nitrogen and oxygen atoms in total. The van der Waals surface area contributed by atoms with Gasteiger partial charge in [0.2, 0.25) is 5.91 Å². The SMILES string of the molecule is O=C(O)c1cccc(CN2CN(C3CCCCC3)C3(CCN(CCCn4c(=O)[nH]c5ccccc54)CC3)C2=O)c1. The predicted octanol–water partition coefficient (Wildman–Crippen LogP) is 3.89. The van der Waals surface area contributed by atoms with Crippen molar-refractivity contribution >= 4 is 22.9 Å². The number of carbonyl (C=O) groups is 2. The Balaban J connectivity index is 1.13. The molecule has 9 heteroatoms. The first-order valence-electron chi connectivity index (χ1n) is 14.7. The van der Waals surface area contributed by atoms with Crippen LogP contribution in [0.3, 0.4) is 0 Å². The van der Waals surface area contributed by atoms with Crippen molar-refractivity contribution in [2.75, 3.05) is 26.3 Å². The summed E-state index contributed by atoms with van der Waals surface area (Å²) in [4.78, 5) is 47.9. The molecule has 1 aromatic heterocycles. The zero-order chi connectivity index (χ0) is 27.7. The van der Waals surface area contributed by atoms with Crippen molar-refractivity contribution in [1.82, 2.24) is 24.3 Å². The molecule has 0 bridgehead atoms. The number of rotatable bonds is 8. The zero-order valence-electron chi connectivity index (χ0n) is 23.1. The van der Waals surface area contributed by atoms with E-state index in [4.69, 9.17) is 0 Å². The Hall–Kier alpha value is -3.43. The molecule has 2 saturated heterocycles. The highest BCUT2D eigenvalue weighted by Crippen LogP contribution is 2.41. The number of imidazole rings is 1. The minimum atomic E-state index is -0.947. The summed E-state index contributed by atoms with van der Waals surface area (Å²) < 4.78 is 1.82. The van der Waals surface area contributed by atoms with Crippen LogP contribution in [-0.4, -0.2) is 79.1 Å². The number of aromatic carboxylic acids is 1. The summed E-state index contributed by atoms with van der Waals surface area (Å²) >= 11 is 0. The fourth-order valence-electron chi connectivity index (χ4n) is 7.23. The van der Waals surface area contributed by atoms with Crippen LogP contribution in [0, 0.1) is 0 Å². The molecular weight excluding hydrogens is 506 g/mol. The van der Waals surface area contributed by atoms with E-state index in [0.29, 0.717) is 25.8 Å². The van der Waals surface area contributed by atoms with Crippen LogP contribution in [0.4, 0.5) is 0 Å². The lowest BCUT2D eigenvalue weighted by Gasteiger charge is -2.46. The Morgan fingerprint density at radius 1 is 0.975 bits per heavy atom. The van der Waals surface area contributed by atoms with Gasteiger partial charge in [0.15, 0.2) is 0 Å². The Morgan fingerprint density at radius 2 is 1.75 bits per heavy atom. The molecular formula is C31H39N5O4. The molecule has 0 atom stereocenters. The smallest absolute Gasteiger partial charge is 0.335 e. The lowest BCUT2D eigenvalue weighted by Crippen LogP contribution is -2.59. The summed E-state index contributed by atoms with van der Waals surface area (Å²) in [5, 5.41) is 9.42. The van der Waals surface area contributed by atoms with Crippen LogP contribution in [0.2, 0.25) is 0 Å². The maximum Gasteiger partial charge on any atom is 0.335 e. The molecule has 212 valence electrons. The standard InChI is InChI=1S/C31H39N5O4/c37-28(38)24-9-6-8-23(20-24)21-34-22-36(25-10-2-1-3-11-25)31(29(34)39)14-18-33(19-15-31)16-7-17-35-27-13-5-4-12-26(27)32-30(35)40/h4-6,8-9,12-13,20,25H,1-3,7,10-11,14-19,21-22H2,(H,32,40)(H,37,38). The summed E-state index contributed by atoms with van der Waals surface area (Å²) in [7, 11) is 0. The van der Waals surface area contributed by atoms with Crippen LogP contribution >= 0.6 is 0 Å². The van der Waals surface area contributed by atoms with Crippen molar-refractivity contribution in [3.05, 3.63) is 70.1 Å². The second-order valence-corrected chi connectivity index (χ2v) is 11.7. The summed E-state index contributed by atoms with van der Waals surface area (Å²) in [6.07, 6.45) is 8.46. The van der Waals surface area contributed by atoms with Gasteiger partial charge >= 0.3 is 11.7 Å². The zero-order valence-corrected chi connectivity index (χ0v) is 23.1. The number of H-pyrrole nitrogens is 1. The minimum absolute atomic E-state index is 0.0625. The number of carboxylic acid groups (broad SMARTS) is 1. The first kappa shape index (κ1) is 26.8. The topological polar surface area (TPSA) is 102 Å². The molecule has 3 aromatic rings. The lowest BCUT2D eigenvalue weighted by molar-refractivity contribution is -0.137. The van der Waals surface area contributed by atoms with Crippen LogP contribution in [0.1, 0.15) is 67.3 Å². The monoisotopic (exact) mass is 545 g/mol. The van der Waals surface area contributed by atoms with Crippen molar-refractivity contribution in [2.24, 2.45) is 0 Å². The number of carbonyl (C=O) groups excluding carboxylic acids is 1. The van der Waals surface area contributed by atoms with Crippen LogP contribution in [0.5, 0.6) is 0 Å². The number of hydrogen-bond acceptors (Lipinski definition) is 5. The van der Waals surface area contributed by atoms with Crippen LogP contribution in [-0.2, 0) is 17.9 Å². The molecule has 3 aliphatic rings. The second kappa shape index (κ2) is 11.2. The van der Waals surface area contributed by atoms with Gasteiger partial charge in [-0.05, 0) is 68.5 Å². The molecule has 1 aliphatic carbocycles. The fraction of sp³-hybridized carbons (Fsp3) is 0.516. The minimum Gasteiger partial charge on any atom is -0.478 e. The van der Waals surface area contributed by atoms with E-state index in [1.54, 1.807) is 18.2 Å². The second-order valence-electron chi connectivity index (χ2n) is 11.7. The van der Waals surface area contributed by atoms with E-state index in [1.807, 2.05) is 39.8 Å². The third-order valence-corrected chi connectivity index (χ3v) is 9.34. The molecule has 0 radical (unpaired) electrons. The molecule has 2 aromatic carbocycles. The van der Waals surface area contributed by atoms with Gasteiger partial charge in [0.25, 0.3) is 0 Å². The van der Waals surface area contributed by atoms with Gasteiger partial charge in [0.1, 0.15) is 5.54 Å². The van der Waals surface area contributed by atoms with Crippen molar-refractivity contribution < 1.29 is 14.7 Å². The Morgan fingerprint density at radius 3 is 2.52 bits per heavy atom. The van der Waals surface area contributed by atoms with Gasteiger partial charge in [-0.2, -0.15) is 0 Å². The van der Waals surface area contributed by atoms with Crippen LogP contribution in [0.15, 0.2) is 53.3 Å². The summed E-state index contributed by atoms with van der Waals surface area (Å²) in [5.41, 5.74) is 2.39. The number of carboxylic acids is 1. The van der Waals surface area contributed by atoms with E-state index in [2.05, 4.69) is 14.8 Å². The van der Waals surface area contributed by atoms with Crippen molar-refractivity contribution in [2.45, 2.75) is 76.0 Å². The molecule has 1 amide bonds. The van der Waals surface area contributed by atoms with Gasteiger partial charge < -0.3 is 19.9 Å². The molecule has 3 fully saturated rings. The van der Waals surface area contributed by atoms with Gasteiger partial charge in [0.05, 0.1) is 23.3 Å². The maximum atomic E-state index is 14.1. The van der Waals surface area contributed by atoms with Gasteiger partial charge in [0, 0.05) is 32.2 Å². The number of nitrogens with one attached hydrogen (secondary N) is 1. The molecule has 40 heavy (non-hydrogen) atoms. The average molecular weight is 546 g/mol. The van der Waals surface area contributed by atoms with Crippen molar-refractivity contribution in [3.8, 4) is 0 Å². The molecule has 1 saturated carbocycles. The molecule has 2 N–H and O–H groups in total. The van der Waals surface area contributed by atoms with E-state index >= 15 is 0 Å². The number of fused-ring (bicyclic) bond motifs is 1. The number of benzene rings is 2. The Labute approximate surface area is 234 Å². The summed E-state index contributed by atoms with van der Waals surface area (Å²) in [6.45, 7) is 4.34. The van der Waals surface area contributed by atoms with Gasteiger partial charge in [-0.1, -0.05) is 43.5 Å². The largest absolute Gasteiger partial charge is 0.478 e. The molecule has 1 spiro atoms.